The Balaban J connectivity index is 1.85. The van der Waals surface area contributed by atoms with E-state index >= 15 is 0 Å². The highest BCUT2D eigenvalue weighted by Gasteiger charge is 2.20. The molecule has 1 aromatic carbocycles. The van der Waals surface area contributed by atoms with Gasteiger partial charge in [0.2, 0.25) is 0 Å². The first kappa shape index (κ1) is 14.2. The molecule has 1 atom stereocenters. The number of rotatable bonds is 5. The molecule has 1 aliphatic rings. The molecule has 2 N–H and O–H groups in total. The average Bonchev–Trinajstić information content (AvgIpc) is 2.45. The molecule has 1 unspecified atom stereocenters. The third-order valence-corrected chi connectivity index (χ3v) is 4.28. The summed E-state index contributed by atoms with van der Waals surface area (Å²) >= 11 is 0. The summed E-state index contributed by atoms with van der Waals surface area (Å²) in [4.78, 5) is 4.98. The lowest BCUT2D eigenvalue weighted by Crippen LogP contribution is -2.43. The molecule has 0 saturated carbocycles. The van der Waals surface area contributed by atoms with Crippen molar-refractivity contribution in [3.63, 3.8) is 0 Å². The first-order valence-corrected chi connectivity index (χ1v) is 7.51. The minimum absolute atomic E-state index is 0.800. The topological polar surface area (TPSA) is 32.5 Å². The SMILES string of the molecule is CCC1CCCCN1CCN(C)c1ccc(N)cc1. The van der Waals surface area contributed by atoms with E-state index < -0.39 is 0 Å². The van der Waals surface area contributed by atoms with E-state index in [-0.39, 0.29) is 0 Å². The maximum Gasteiger partial charge on any atom is 0.0365 e. The van der Waals surface area contributed by atoms with Crippen LogP contribution in [0.5, 0.6) is 0 Å². The lowest BCUT2D eigenvalue weighted by Gasteiger charge is -2.36. The first-order valence-electron chi connectivity index (χ1n) is 7.51. The summed E-state index contributed by atoms with van der Waals surface area (Å²) in [6.07, 6.45) is 5.43. The van der Waals surface area contributed by atoms with Gasteiger partial charge in [0.15, 0.2) is 0 Å². The molecule has 106 valence electrons. The van der Waals surface area contributed by atoms with Crippen LogP contribution in [0.2, 0.25) is 0 Å². The summed E-state index contributed by atoms with van der Waals surface area (Å²) < 4.78 is 0. The highest BCUT2D eigenvalue weighted by molar-refractivity contribution is 5.52. The predicted octanol–water partition coefficient (Wildman–Crippen LogP) is 2.97. The van der Waals surface area contributed by atoms with Crippen molar-refractivity contribution in [2.75, 3.05) is 37.3 Å². The van der Waals surface area contributed by atoms with Crippen LogP contribution >= 0.6 is 0 Å². The van der Waals surface area contributed by atoms with Gasteiger partial charge in [-0.25, -0.2) is 0 Å². The third-order valence-electron chi connectivity index (χ3n) is 4.28. The molecule has 0 amide bonds. The van der Waals surface area contributed by atoms with Gasteiger partial charge in [-0.3, -0.25) is 4.90 Å². The van der Waals surface area contributed by atoms with E-state index in [1.807, 2.05) is 12.1 Å². The number of nitrogens with zero attached hydrogens (tertiary/aromatic N) is 2. The zero-order valence-corrected chi connectivity index (χ0v) is 12.3. The van der Waals surface area contributed by atoms with E-state index in [2.05, 4.69) is 35.9 Å². The van der Waals surface area contributed by atoms with Gasteiger partial charge in [-0.1, -0.05) is 13.3 Å². The quantitative estimate of drug-likeness (QED) is 0.827. The van der Waals surface area contributed by atoms with Crippen LogP contribution in [0.4, 0.5) is 11.4 Å². The largest absolute Gasteiger partial charge is 0.399 e. The number of piperidine rings is 1. The van der Waals surface area contributed by atoms with Gasteiger partial charge < -0.3 is 10.6 Å². The number of nitrogens with two attached hydrogens (primary N) is 1. The Hall–Kier alpha value is -1.22. The number of nitrogen functional groups attached to an aromatic ring is 1. The summed E-state index contributed by atoms with van der Waals surface area (Å²) in [6.45, 7) is 5.83. The highest BCUT2D eigenvalue weighted by Crippen LogP contribution is 2.20. The molecule has 0 aromatic heterocycles. The molecule has 1 aliphatic heterocycles. The van der Waals surface area contributed by atoms with Gasteiger partial charge in [0.05, 0.1) is 0 Å². The molecule has 0 aliphatic carbocycles. The van der Waals surface area contributed by atoms with Crippen molar-refractivity contribution >= 4 is 11.4 Å². The molecule has 2 rings (SSSR count). The average molecular weight is 261 g/mol. The molecular formula is C16H27N3. The Bertz CT molecular complexity index is 374. The van der Waals surface area contributed by atoms with Crippen LogP contribution in [0.3, 0.4) is 0 Å². The van der Waals surface area contributed by atoms with E-state index in [0.29, 0.717) is 0 Å². The second-order valence-electron chi connectivity index (χ2n) is 5.61. The number of benzene rings is 1. The Morgan fingerprint density at radius 1 is 1.26 bits per heavy atom. The zero-order valence-electron chi connectivity index (χ0n) is 12.3. The smallest absolute Gasteiger partial charge is 0.0365 e. The van der Waals surface area contributed by atoms with Crippen molar-refractivity contribution in [2.45, 2.75) is 38.6 Å². The zero-order chi connectivity index (χ0) is 13.7. The Kier molecular flexibility index (Phi) is 5.08. The molecule has 1 saturated heterocycles. The van der Waals surface area contributed by atoms with Gasteiger partial charge in [0.25, 0.3) is 0 Å². The van der Waals surface area contributed by atoms with Crippen LogP contribution < -0.4 is 10.6 Å². The fourth-order valence-electron chi connectivity index (χ4n) is 2.95. The van der Waals surface area contributed by atoms with Crippen molar-refractivity contribution < 1.29 is 0 Å². The molecular weight excluding hydrogens is 234 g/mol. The van der Waals surface area contributed by atoms with Crippen molar-refractivity contribution in [3.8, 4) is 0 Å². The molecule has 1 heterocycles. The maximum absolute atomic E-state index is 5.73. The standard InChI is InChI=1S/C16H27N3/c1-3-15-6-4-5-11-19(15)13-12-18(2)16-9-7-14(17)8-10-16/h7-10,15H,3-6,11-13,17H2,1-2H3. The van der Waals surface area contributed by atoms with Crippen LogP contribution in [-0.4, -0.2) is 37.6 Å². The Morgan fingerprint density at radius 2 is 2.00 bits per heavy atom. The number of likely N-dealkylation sites (N-methyl/N-ethyl adjacent to an activating group) is 1. The third kappa shape index (κ3) is 3.87. The van der Waals surface area contributed by atoms with E-state index in [9.17, 15) is 0 Å². The minimum atomic E-state index is 0.800. The number of anilines is 2. The van der Waals surface area contributed by atoms with Gasteiger partial charge in [0, 0.05) is 37.6 Å². The molecule has 0 radical (unpaired) electrons. The van der Waals surface area contributed by atoms with E-state index in [1.165, 1.54) is 44.5 Å². The van der Waals surface area contributed by atoms with Crippen LogP contribution in [0.1, 0.15) is 32.6 Å². The van der Waals surface area contributed by atoms with E-state index in [0.717, 1.165) is 18.3 Å². The lowest BCUT2D eigenvalue weighted by molar-refractivity contribution is 0.148. The van der Waals surface area contributed by atoms with Crippen molar-refractivity contribution in [1.29, 1.82) is 0 Å². The summed E-state index contributed by atoms with van der Waals surface area (Å²) in [5.74, 6) is 0. The first-order chi connectivity index (χ1) is 9.20. The minimum Gasteiger partial charge on any atom is -0.399 e. The van der Waals surface area contributed by atoms with Gasteiger partial charge in [-0.15, -0.1) is 0 Å². The fourth-order valence-corrected chi connectivity index (χ4v) is 2.95. The fraction of sp³-hybridized carbons (Fsp3) is 0.625. The predicted molar refractivity (Wildman–Crippen MR) is 83.6 cm³/mol. The van der Waals surface area contributed by atoms with E-state index in [1.54, 1.807) is 0 Å². The molecule has 0 spiro atoms. The van der Waals surface area contributed by atoms with Crippen LogP contribution in [0.15, 0.2) is 24.3 Å². The van der Waals surface area contributed by atoms with E-state index in [4.69, 9.17) is 5.73 Å². The summed E-state index contributed by atoms with van der Waals surface area (Å²) in [5.41, 5.74) is 7.81. The molecule has 1 fully saturated rings. The maximum atomic E-state index is 5.73. The molecule has 0 bridgehead atoms. The number of hydrogen-bond donors (Lipinski definition) is 1. The van der Waals surface area contributed by atoms with Crippen LogP contribution in [0, 0.1) is 0 Å². The summed E-state index contributed by atoms with van der Waals surface area (Å²) in [6, 6.07) is 8.95. The Labute approximate surface area is 117 Å². The van der Waals surface area contributed by atoms with Crippen molar-refractivity contribution in [2.24, 2.45) is 0 Å². The lowest BCUT2D eigenvalue weighted by atomic mass is 10.0. The Morgan fingerprint density at radius 3 is 2.68 bits per heavy atom. The molecule has 19 heavy (non-hydrogen) atoms. The monoisotopic (exact) mass is 261 g/mol. The highest BCUT2D eigenvalue weighted by atomic mass is 15.2. The second kappa shape index (κ2) is 6.80. The summed E-state index contributed by atoms with van der Waals surface area (Å²) in [7, 11) is 2.16. The molecule has 3 nitrogen and oxygen atoms in total. The second-order valence-corrected chi connectivity index (χ2v) is 5.61. The molecule has 3 heteroatoms. The van der Waals surface area contributed by atoms with Crippen LogP contribution in [0.25, 0.3) is 0 Å². The number of likely N-dealkylation sites (tertiary alicyclic amines) is 1. The summed E-state index contributed by atoms with van der Waals surface area (Å²) in [5, 5.41) is 0. The van der Waals surface area contributed by atoms with Crippen molar-refractivity contribution in [3.05, 3.63) is 24.3 Å². The molecule has 1 aromatic rings. The van der Waals surface area contributed by atoms with Gasteiger partial charge >= 0.3 is 0 Å². The van der Waals surface area contributed by atoms with Gasteiger partial charge in [0.1, 0.15) is 0 Å². The van der Waals surface area contributed by atoms with Gasteiger partial charge in [-0.05, 0) is 50.1 Å². The number of hydrogen-bond acceptors (Lipinski definition) is 3. The van der Waals surface area contributed by atoms with Gasteiger partial charge in [-0.2, -0.15) is 0 Å². The van der Waals surface area contributed by atoms with Crippen molar-refractivity contribution in [1.82, 2.24) is 4.90 Å². The van der Waals surface area contributed by atoms with Crippen LogP contribution in [-0.2, 0) is 0 Å². The normalized spacial score (nSPS) is 20.4.